The normalized spacial score (nSPS) is 10.7. The molecule has 0 saturated heterocycles. The van der Waals surface area contributed by atoms with E-state index in [-0.39, 0.29) is 35.3 Å². The minimum Gasteiger partial charge on any atom is -0.543 e. The molecule has 0 fully saturated rings. The van der Waals surface area contributed by atoms with Gasteiger partial charge >= 0.3 is 29.6 Å². The summed E-state index contributed by atoms with van der Waals surface area (Å²) in [6, 6.07) is 19.1. The molecular formula is C19H13N2NaO2. The van der Waals surface area contributed by atoms with Crippen molar-refractivity contribution in [2.75, 3.05) is 0 Å². The van der Waals surface area contributed by atoms with Crippen LogP contribution < -0.4 is 34.7 Å². The third kappa shape index (κ3) is 2.53. The Morgan fingerprint density at radius 2 is 1.67 bits per heavy atom. The van der Waals surface area contributed by atoms with E-state index >= 15 is 0 Å². The summed E-state index contributed by atoms with van der Waals surface area (Å²) in [5, 5.41) is 13.3. The van der Waals surface area contributed by atoms with E-state index in [0.717, 1.165) is 27.4 Å². The fraction of sp³-hybridized carbons (Fsp3) is 0.0526. The molecule has 4 aromatic rings. The van der Waals surface area contributed by atoms with Crippen molar-refractivity contribution in [1.29, 1.82) is 0 Å². The van der Waals surface area contributed by atoms with Gasteiger partial charge in [-0.25, -0.2) is 4.98 Å². The van der Waals surface area contributed by atoms with E-state index in [1.54, 1.807) is 6.07 Å². The van der Waals surface area contributed by atoms with Crippen molar-refractivity contribution >= 4 is 27.8 Å². The smallest absolute Gasteiger partial charge is 0.543 e. The van der Waals surface area contributed by atoms with Gasteiger partial charge in [0.1, 0.15) is 0 Å². The van der Waals surface area contributed by atoms with Gasteiger partial charge in [-0.15, -0.1) is 0 Å². The summed E-state index contributed by atoms with van der Waals surface area (Å²) in [7, 11) is 1.97. The summed E-state index contributed by atoms with van der Waals surface area (Å²) in [5.74, 6) is -1.27. The fourth-order valence-electron chi connectivity index (χ4n) is 3.10. The molecular weight excluding hydrogens is 311 g/mol. The molecule has 0 saturated carbocycles. The fourth-order valence-corrected chi connectivity index (χ4v) is 3.10. The first kappa shape index (κ1) is 16.7. The molecule has 0 bridgehead atoms. The monoisotopic (exact) mass is 324 g/mol. The molecule has 5 heteroatoms. The second-order valence-corrected chi connectivity index (χ2v) is 5.48. The van der Waals surface area contributed by atoms with Gasteiger partial charge in [0.25, 0.3) is 0 Å². The number of para-hydroxylation sites is 1. The van der Waals surface area contributed by atoms with Crippen molar-refractivity contribution in [3.05, 3.63) is 66.4 Å². The number of aromatic nitrogens is 2. The third-order valence-electron chi connectivity index (χ3n) is 4.14. The minimum atomic E-state index is -1.27. The van der Waals surface area contributed by atoms with Crippen LogP contribution in [0.15, 0.2) is 60.7 Å². The molecule has 0 aliphatic heterocycles. The Hall–Kier alpha value is -2.14. The molecule has 2 aromatic carbocycles. The number of carboxylic acids is 1. The van der Waals surface area contributed by atoms with Gasteiger partial charge in [-0.2, -0.15) is 0 Å². The maximum atomic E-state index is 11.4. The molecule has 0 aliphatic carbocycles. The third-order valence-corrected chi connectivity index (χ3v) is 4.14. The van der Waals surface area contributed by atoms with Gasteiger partial charge in [0.15, 0.2) is 0 Å². The number of hydrogen-bond acceptors (Lipinski definition) is 3. The van der Waals surface area contributed by atoms with E-state index in [1.807, 2.05) is 61.6 Å². The van der Waals surface area contributed by atoms with Crippen molar-refractivity contribution in [3.63, 3.8) is 0 Å². The molecule has 0 atom stereocenters. The first-order valence-corrected chi connectivity index (χ1v) is 7.32. The summed E-state index contributed by atoms with van der Waals surface area (Å²) < 4.78 is 2.05. The number of benzene rings is 2. The van der Waals surface area contributed by atoms with E-state index < -0.39 is 5.97 Å². The molecule has 112 valence electrons. The number of pyridine rings is 1. The standard InChI is InChI=1S/C19H14N2O2.Na/c1-21-16-10-6-5-9-13(16)14-11-15(19(22)23)20-17(18(14)21)12-7-3-2-4-8-12;/h2-11H,1H3,(H,22,23);/q;+1/p-1. The number of rotatable bonds is 2. The van der Waals surface area contributed by atoms with Crippen LogP contribution in [0.4, 0.5) is 0 Å². The van der Waals surface area contributed by atoms with E-state index in [9.17, 15) is 9.90 Å². The first-order valence-electron chi connectivity index (χ1n) is 7.32. The van der Waals surface area contributed by atoms with Gasteiger partial charge in [-0.05, 0) is 12.1 Å². The zero-order valence-electron chi connectivity index (χ0n) is 13.5. The van der Waals surface area contributed by atoms with Gasteiger partial charge in [-0.3, -0.25) is 0 Å². The number of fused-ring (bicyclic) bond motifs is 3. The van der Waals surface area contributed by atoms with Crippen molar-refractivity contribution in [3.8, 4) is 11.3 Å². The van der Waals surface area contributed by atoms with Crippen LogP contribution in [-0.2, 0) is 7.05 Å². The maximum absolute atomic E-state index is 11.4. The Labute approximate surface area is 161 Å². The number of carboxylic acid groups (broad SMARTS) is 1. The van der Waals surface area contributed by atoms with Crippen molar-refractivity contribution in [2.24, 2.45) is 7.05 Å². The van der Waals surface area contributed by atoms with Crippen molar-refractivity contribution in [1.82, 2.24) is 9.55 Å². The molecule has 0 N–H and O–H groups in total. The molecule has 0 amide bonds. The summed E-state index contributed by atoms with van der Waals surface area (Å²) in [5.41, 5.74) is 3.44. The Morgan fingerprint density at radius 1 is 1.00 bits per heavy atom. The van der Waals surface area contributed by atoms with Crippen LogP contribution in [0, 0.1) is 0 Å². The summed E-state index contributed by atoms with van der Waals surface area (Å²) >= 11 is 0. The van der Waals surface area contributed by atoms with Gasteiger partial charge in [-0.1, -0.05) is 48.5 Å². The topological polar surface area (TPSA) is 58.0 Å². The minimum absolute atomic E-state index is 0. The molecule has 4 nitrogen and oxygen atoms in total. The number of nitrogens with zero attached hydrogens (tertiary/aromatic N) is 2. The Bertz CT molecular complexity index is 1060. The van der Waals surface area contributed by atoms with Crippen molar-refractivity contribution in [2.45, 2.75) is 0 Å². The maximum Gasteiger partial charge on any atom is 1.00 e. The zero-order chi connectivity index (χ0) is 16.0. The first-order chi connectivity index (χ1) is 11.2. The molecule has 0 aliphatic rings. The largest absolute Gasteiger partial charge is 1.00 e. The zero-order valence-corrected chi connectivity index (χ0v) is 15.5. The van der Waals surface area contributed by atoms with E-state index in [1.165, 1.54) is 0 Å². The van der Waals surface area contributed by atoms with Crippen LogP contribution in [0.3, 0.4) is 0 Å². The molecule has 24 heavy (non-hydrogen) atoms. The second kappa shape index (κ2) is 6.40. The molecule has 4 rings (SSSR count). The van der Waals surface area contributed by atoms with Crippen LogP contribution in [0.5, 0.6) is 0 Å². The van der Waals surface area contributed by atoms with E-state index in [0.29, 0.717) is 5.69 Å². The number of aryl methyl sites for hydroxylation is 1. The average molecular weight is 324 g/mol. The van der Waals surface area contributed by atoms with Crippen LogP contribution in [0.1, 0.15) is 10.5 Å². The van der Waals surface area contributed by atoms with Crippen LogP contribution in [0.25, 0.3) is 33.1 Å². The second-order valence-electron chi connectivity index (χ2n) is 5.48. The molecule has 2 heterocycles. The number of hydrogen-bond donors (Lipinski definition) is 0. The Kier molecular flexibility index (Phi) is 4.45. The van der Waals surface area contributed by atoms with E-state index in [4.69, 9.17) is 0 Å². The van der Waals surface area contributed by atoms with Gasteiger partial charge in [0.05, 0.1) is 22.9 Å². The van der Waals surface area contributed by atoms with Crippen LogP contribution >= 0.6 is 0 Å². The number of carbonyl (C=O) groups excluding carboxylic acids is 1. The summed E-state index contributed by atoms with van der Waals surface area (Å²) in [6.07, 6.45) is 0. The predicted octanol–water partition coefficient (Wildman–Crippen LogP) is -0.239. The SMILES string of the molecule is Cn1c2ccccc2c2cc(C(=O)[O-])nc(-c3ccccc3)c21.[Na+]. The molecule has 0 unspecified atom stereocenters. The average Bonchev–Trinajstić information content (AvgIpc) is 2.88. The van der Waals surface area contributed by atoms with Crippen molar-refractivity contribution < 1.29 is 39.5 Å². The molecule has 2 aromatic heterocycles. The van der Waals surface area contributed by atoms with Crippen LogP contribution in [-0.4, -0.2) is 15.5 Å². The van der Waals surface area contributed by atoms with Gasteiger partial charge in [0.2, 0.25) is 0 Å². The molecule has 0 spiro atoms. The predicted molar refractivity (Wildman–Crippen MR) is 88.0 cm³/mol. The summed E-state index contributed by atoms with van der Waals surface area (Å²) in [4.78, 5) is 15.7. The Morgan fingerprint density at radius 3 is 2.38 bits per heavy atom. The van der Waals surface area contributed by atoms with Crippen LogP contribution in [0.2, 0.25) is 0 Å². The van der Waals surface area contributed by atoms with Gasteiger partial charge in [0, 0.05) is 28.9 Å². The Balaban J connectivity index is 0.00000169. The summed E-state index contributed by atoms with van der Waals surface area (Å²) in [6.45, 7) is 0. The van der Waals surface area contributed by atoms with Gasteiger partial charge < -0.3 is 14.5 Å². The number of carbonyl (C=O) groups is 1. The van der Waals surface area contributed by atoms with E-state index in [2.05, 4.69) is 9.55 Å². The number of aromatic carboxylic acids is 1. The molecule has 0 radical (unpaired) electrons. The quantitative estimate of drug-likeness (QED) is 0.478.